The van der Waals surface area contributed by atoms with Gasteiger partial charge in [-0.15, -0.1) is 6.58 Å². The van der Waals surface area contributed by atoms with Gasteiger partial charge >= 0.3 is 5.97 Å². The van der Waals surface area contributed by atoms with Gasteiger partial charge in [-0.25, -0.2) is 0 Å². The van der Waals surface area contributed by atoms with E-state index in [2.05, 4.69) is 6.58 Å². The Bertz CT molecular complexity index is 406. The molecule has 0 saturated carbocycles. The Morgan fingerprint density at radius 2 is 2.07 bits per heavy atom. The van der Waals surface area contributed by atoms with Crippen LogP contribution in [0.25, 0.3) is 0 Å². The van der Waals surface area contributed by atoms with Crippen molar-refractivity contribution in [2.24, 2.45) is 0 Å². The van der Waals surface area contributed by atoms with Gasteiger partial charge in [-0.1, -0.05) is 36.4 Å². The van der Waals surface area contributed by atoms with E-state index in [0.29, 0.717) is 6.42 Å². The summed E-state index contributed by atoms with van der Waals surface area (Å²) in [4.78, 5) is 11.8. The SMILES string of the molecule is C=CC[C@]1(c2ccccc2)C=COC1=O. The third-order valence-electron chi connectivity index (χ3n) is 2.65. The molecule has 1 aromatic rings. The monoisotopic (exact) mass is 200 g/mol. The Hall–Kier alpha value is -1.83. The predicted octanol–water partition coefficient (Wildman–Crippen LogP) is 2.57. The summed E-state index contributed by atoms with van der Waals surface area (Å²) < 4.78 is 4.91. The van der Waals surface area contributed by atoms with Crippen LogP contribution in [0.3, 0.4) is 0 Å². The summed E-state index contributed by atoms with van der Waals surface area (Å²) in [7, 11) is 0. The number of hydrogen-bond acceptors (Lipinski definition) is 2. The molecule has 0 N–H and O–H groups in total. The first-order valence-electron chi connectivity index (χ1n) is 4.85. The first kappa shape index (κ1) is 9.71. The maximum atomic E-state index is 11.8. The van der Waals surface area contributed by atoms with Crippen LogP contribution in [0, 0.1) is 0 Å². The lowest BCUT2D eigenvalue weighted by Gasteiger charge is -2.22. The molecule has 1 aliphatic heterocycles. The van der Waals surface area contributed by atoms with Crippen molar-refractivity contribution in [2.75, 3.05) is 0 Å². The van der Waals surface area contributed by atoms with E-state index in [4.69, 9.17) is 4.74 Å². The summed E-state index contributed by atoms with van der Waals surface area (Å²) in [5, 5.41) is 0. The van der Waals surface area contributed by atoms with Gasteiger partial charge in [0.25, 0.3) is 0 Å². The first-order chi connectivity index (χ1) is 7.29. The molecule has 0 radical (unpaired) electrons. The van der Waals surface area contributed by atoms with Gasteiger partial charge in [0, 0.05) is 0 Å². The van der Waals surface area contributed by atoms with Crippen LogP contribution in [0.5, 0.6) is 0 Å². The van der Waals surface area contributed by atoms with Gasteiger partial charge in [0.15, 0.2) is 0 Å². The normalized spacial score (nSPS) is 23.9. The molecule has 0 saturated heterocycles. The van der Waals surface area contributed by atoms with Crippen LogP contribution < -0.4 is 0 Å². The van der Waals surface area contributed by atoms with Crippen LogP contribution in [0.4, 0.5) is 0 Å². The summed E-state index contributed by atoms with van der Waals surface area (Å²) in [6.45, 7) is 3.69. The van der Waals surface area contributed by atoms with E-state index in [-0.39, 0.29) is 5.97 Å². The van der Waals surface area contributed by atoms with Gasteiger partial charge in [-0.05, 0) is 18.1 Å². The Kier molecular flexibility index (Phi) is 2.42. The molecule has 0 unspecified atom stereocenters. The van der Waals surface area contributed by atoms with Crippen LogP contribution in [-0.2, 0) is 14.9 Å². The highest BCUT2D eigenvalue weighted by Crippen LogP contribution is 2.35. The lowest BCUT2D eigenvalue weighted by Crippen LogP contribution is -2.30. The molecule has 2 rings (SSSR count). The van der Waals surface area contributed by atoms with Crippen LogP contribution >= 0.6 is 0 Å². The van der Waals surface area contributed by atoms with E-state index >= 15 is 0 Å². The molecule has 1 aromatic carbocycles. The zero-order valence-corrected chi connectivity index (χ0v) is 8.35. The maximum absolute atomic E-state index is 11.8. The summed E-state index contributed by atoms with van der Waals surface area (Å²) >= 11 is 0. The number of carbonyl (C=O) groups is 1. The van der Waals surface area contributed by atoms with Crippen LogP contribution in [0.15, 0.2) is 55.3 Å². The Labute approximate surface area is 88.9 Å². The standard InChI is InChI=1S/C13H12O2/c1-2-8-13(9-10-15-12(13)14)11-6-4-3-5-7-11/h2-7,9-10H,1,8H2/t13-/m1/s1. The Morgan fingerprint density at radius 3 is 2.60 bits per heavy atom. The minimum absolute atomic E-state index is 0.228. The first-order valence-corrected chi connectivity index (χ1v) is 4.85. The topological polar surface area (TPSA) is 26.3 Å². The third-order valence-corrected chi connectivity index (χ3v) is 2.65. The molecule has 0 fully saturated rings. The number of allylic oxidation sites excluding steroid dienone is 1. The van der Waals surface area contributed by atoms with Gasteiger partial charge in [-0.2, -0.15) is 0 Å². The van der Waals surface area contributed by atoms with Crippen LogP contribution in [0.2, 0.25) is 0 Å². The fourth-order valence-corrected chi connectivity index (χ4v) is 1.83. The second-order valence-electron chi connectivity index (χ2n) is 3.54. The summed E-state index contributed by atoms with van der Waals surface area (Å²) in [6, 6.07) is 9.62. The van der Waals surface area contributed by atoms with Crippen molar-refractivity contribution in [2.45, 2.75) is 11.8 Å². The quantitative estimate of drug-likeness (QED) is 0.553. The number of esters is 1. The average Bonchev–Trinajstić information content (AvgIpc) is 2.63. The largest absolute Gasteiger partial charge is 0.434 e. The van der Waals surface area contributed by atoms with E-state index in [1.807, 2.05) is 30.3 Å². The lowest BCUT2D eigenvalue weighted by atomic mass is 9.78. The molecular weight excluding hydrogens is 188 g/mol. The molecule has 0 aromatic heterocycles. The van der Waals surface area contributed by atoms with Gasteiger partial charge in [0.1, 0.15) is 5.41 Å². The molecule has 0 bridgehead atoms. The molecule has 0 spiro atoms. The van der Waals surface area contributed by atoms with E-state index in [1.54, 1.807) is 12.2 Å². The lowest BCUT2D eigenvalue weighted by molar-refractivity contribution is -0.140. The average molecular weight is 200 g/mol. The summed E-state index contributed by atoms with van der Waals surface area (Å²) in [5.41, 5.74) is 0.284. The minimum Gasteiger partial charge on any atom is -0.434 e. The van der Waals surface area contributed by atoms with E-state index in [0.717, 1.165) is 5.56 Å². The molecule has 1 heterocycles. The Morgan fingerprint density at radius 1 is 1.33 bits per heavy atom. The number of benzene rings is 1. The zero-order chi connectivity index (χ0) is 10.7. The van der Waals surface area contributed by atoms with Crippen molar-refractivity contribution < 1.29 is 9.53 Å². The van der Waals surface area contributed by atoms with E-state index < -0.39 is 5.41 Å². The molecule has 15 heavy (non-hydrogen) atoms. The molecule has 2 nitrogen and oxygen atoms in total. The third kappa shape index (κ3) is 1.48. The molecule has 0 amide bonds. The molecule has 76 valence electrons. The van der Waals surface area contributed by atoms with Crippen molar-refractivity contribution in [3.05, 3.63) is 60.9 Å². The maximum Gasteiger partial charge on any atom is 0.325 e. The van der Waals surface area contributed by atoms with Crippen molar-refractivity contribution >= 4 is 5.97 Å². The van der Waals surface area contributed by atoms with Crippen molar-refractivity contribution in [3.8, 4) is 0 Å². The number of carbonyl (C=O) groups excluding carboxylic acids is 1. The van der Waals surface area contributed by atoms with Crippen molar-refractivity contribution in [1.82, 2.24) is 0 Å². The highest BCUT2D eigenvalue weighted by atomic mass is 16.5. The fourth-order valence-electron chi connectivity index (χ4n) is 1.83. The number of ether oxygens (including phenoxy) is 1. The molecule has 1 atom stereocenters. The van der Waals surface area contributed by atoms with E-state index in [9.17, 15) is 4.79 Å². The molecular formula is C13H12O2. The van der Waals surface area contributed by atoms with Crippen molar-refractivity contribution in [1.29, 1.82) is 0 Å². The van der Waals surface area contributed by atoms with Gasteiger partial charge in [-0.3, -0.25) is 4.79 Å². The highest BCUT2D eigenvalue weighted by Gasteiger charge is 2.41. The fraction of sp³-hybridized carbons (Fsp3) is 0.154. The number of cyclic esters (lactones) is 1. The van der Waals surface area contributed by atoms with Gasteiger partial charge in [0.2, 0.25) is 0 Å². The van der Waals surface area contributed by atoms with E-state index in [1.165, 1.54) is 6.26 Å². The predicted molar refractivity (Wildman–Crippen MR) is 58.2 cm³/mol. The molecule has 1 aliphatic rings. The van der Waals surface area contributed by atoms with Gasteiger partial charge in [0.05, 0.1) is 6.26 Å². The molecule has 2 heteroatoms. The second-order valence-corrected chi connectivity index (χ2v) is 3.54. The van der Waals surface area contributed by atoms with Crippen LogP contribution in [0.1, 0.15) is 12.0 Å². The zero-order valence-electron chi connectivity index (χ0n) is 8.35. The molecule has 0 aliphatic carbocycles. The number of hydrogen-bond donors (Lipinski definition) is 0. The van der Waals surface area contributed by atoms with Crippen molar-refractivity contribution in [3.63, 3.8) is 0 Å². The Balaban J connectivity index is 2.48. The number of rotatable bonds is 3. The summed E-state index contributed by atoms with van der Waals surface area (Å²) in [6.07, 6.45) is 5.56. The van der Waals surface area contributed by atoms with Crippen LogP contribution in [-0.4, -0.2) is 5.97 Å². The second kappa shape index (κ2) is 3.73. The highest BCUT2D eigenvalue weighted by molar-refractivity contribution is 5.88. The minimum atomic E-state index is -0.664. The van der Waals surface area contributed by atoms with Gasteiger partial charge < -0.3 is 4.74 Å². The summed E-state index contributed by atoms with van der Waals surface area (Å²) in [5.74, 6) is -0.228. The smallest absolute Gasteiger partial charge is 0.325 e.